The first-order valence-electron chi connectivity index (χ1n) is 6.88. The number of benzene rings is 1. The van der Waals surface area contributed by atoms with Gasteiger partial charge in [-0.15, -0.1) is 11.8 Å². The van der Waals surface area contributed by atoms with E-state index in [1.54, 1.807) is 48.2 Å². The normalized spacial score (nSPS) is 10.0. The second-order valence-electron chi connectivity index (χ2n) is 4.91. The van der Waals surface area contributed by atoms with E-state index in [1.807, 2.05) is 24.3 Å². The van der Waals surface area contributed by atoms with Gasteiger partial charge in [-0.05, 0) is 29.3 Å². The van der Waals surface area contributed by atoms with Gasteiger partial charge in [-0.3, -0.25) is 9.78 Å². The zero-order valence-electron chi connectivity index (χ0n) is 12.4. The number of carbonyl (C=O) groups excluding carboxylic acids is 1. The number of nitrogens with zero attached hydrogens (tertiary/aromatic N) is 3. The lowest BCUT2D eigenvalue weighted by Crippen LogP contribution is -2.27. The quantitative estimate of drug-likeness (QED) is 0.823. The van der Waals surface area contributed by atoms with Crippen LogP contribution < -0.4 is 0 Å². The minimum Gasteiger partial charge on any atom is -0.341 e. The zero-order chi connectivity index (χ0) is 15.8. The highest BCUT2D eigenvalue weighted by Gasteiger charge is 2.09. The minimum atomic E-state index is 0.0995. The molecule has 0 aliphatic carbocycles. The lowest BCUT2D eigenvalue weighted by Gasteiger charge is -2.16. The van der Waals surface area contributed by atoms with E-state index < -0.39 is 0 Å². The first-order chi connectivity index (χ1) is 10.7. The molecule has 0 atom stereocenters. The summed E-state index contributed by atoms with van der Waals surface area (Å²) in [5.74, 6) is 1.30. The predicted octanol–water partition coefficient (Wildman–Crippen LogP) is 2.85. The molecular formula is C17H17N3OS. The SMILES string of the molecule is CN(Cc1cccnc1)C(=O)CSCc1ccc(C#N)cc1. The van der Waals surface area contributed by atoms with Gasteiger partial charge in [0, 0.05) is 31.7 Å². The Bertz CT molecular complexity index is 650. The Hall–Kier alpha value is -2.32. The average Bonchev–Trinajstić information content (AvgIpc) is 2.56. The van der Waals surface area contributed by atoms with Crippen molar-refractivity contribution < 1.29 is 4.79 Å². The number of aromatic nitrogens is 1. The standard InChI is InChI=1S/C17H17N3OS/c1-20(11-16-3-2-8-19-10-16)17(21)13-22-12-15-6-4-14(9-18)5-7-15/h2-8,10H,11-13H2,1H3. The summed E-state index contributed by atoms with van der Waals surface area (Å²) in [5, 5.41) is 8.75. The van der Waals surface area contributed by atoms with Crippen LogP contribution in [-0.2, 0) is 17.1 Å². The van der Waals surface area contributed by atoms with Crippen LogP contribution in [0.5, 0.6) is 0 Å². The van der Waals surface area contributed by atoms with Crippen LogP contribution in [-0.4, -0.2) is 28.6 Å². The van der Waals surface area contributed by atoms with E-state index in [2.05, 4.69) is 11.1 Å². The Morgan fingerprint density at radius 3 is 2.68 bits per heavy atom. The molecule has 0 radical (unpaired) electrons. The topological polar surface area (TPSA) is 57.0 Å². The van der Waals surface area contributed by atoms with Crippen LogP contribution in [0, 0.1) is 11.3 Å². The Morgan fingerprint density at radius 2 is 2.05 bits per heavy atom. The number of amides is 1. The van der Waals surface area contributed by atoms with Crippen molar-refractivity contribution in [2.75, 3.05) is 12.8 Å². The van der Waals surface area contributed by atoms with E-state index in [4.69, 9.17) is 5.26 Å². The summed E-state index contributed by atoms with van der Waals surface area (Å²) in [6, 6.07) is 13.4. The molecule has 0 N–H and O–H groups in total. The molecule has 0 aliphatic rings. The molecule has 4 nitrogen and oxygen atoms in total. The third kappa shape index (κ3) is 4.90. The Kier molecular flexibility index (Phi) is 5.99. The van der Waals surface area contributed by atoms with E-state index in [-0.39, 0.29) is 5.91 Å². The second kappa shape index (κ2) is 8.20. The van der Waals surface area contributed by atoms with E-state index in [1.165, 1.54) is 0 Å². The summed E-state index contributed by atoms with van der Waals surface area (Å²) in [6.45, 7) is 0.574. The molecule has 5 heteroatoms. The summed E-state index contributed by atoms with van der Waals surface area (Å²) < 4.78 is 0. The van der Waals surface area contributed by atoms with Crippen LogP contribution in [0.2, 0.25) is 0 Å². The molecule has 0 saturated heterocycles. The molecular weight excluding hydrogens is 294 g/mol. The van der Waals surface area contributed by atoms with E-state index >= 15 is 0 Å². The predicted molar refractivity (Wildman–Crippen MR) is 88.0 cm³/mol. The maximum absolute atomic E-state index is 12.1. The summed E-state index contributed by atoms with van der Waals surface area (Å²) >= 11 is 1.58. The number of carbonyl (C=O) groups is 1. The molecule has 0 spiro atoms. The van der Waals surface area contributed by atoms with Gasteiger partial charge in [-0.25, -0.2) is 0 Å². The molecule has 1 heterocycles. The van der Waals surface area contributed by atoms with Crippen molar-refractivity contribution in [3.63, 3.8) is 0 Å². The van der Waals surface area contributed by atoms with Gasteiger partial charge >= 0.3 is 0 Å². The van der Waals surface area contributed by atoms with Crippen LogP contribution in [0.1, 0.15) is 16.7 Å². The van der Waals surface area contributed by atoms with Crippen LogP contribution in [0.3, 0.4) is 0 Å². The van der Waals surface area contributed by atoms with Crippen molar-refractivity contribution in [1.82, 2.24) is 9.88 Å². The summed E-state index contributed by atoms with van der Waals surface area (Å²) in [6.07, 6.45) is 3.49. The van der Waals surface area contributed by atoms with Gasteiger partial charge in [0.15, 0.2) is 0 Å². The van der Waals surface area contributed by atoms with Crippen molar-refractivity contribution in [2.24, 2.45) is 0 Å². The van der Waals surface area contributed by atoms with E-state index in [0.717, 1.165) is 16.9 Å². The number of hydrogen-bond acceptors (Lipinski definition) is 4. The molecule has 0 unspecified atom stereocenters. The molecule has 0 fully saturated rings. The van der Waals surface area contributed by atoms with Gasteiger partial charge < -0.3 is 4.90 Å². The van der Waals surface area contributed by atoms with Gasteiger partial charge in [0.25, 0.3) is 0 Å². The molecule has 0 aliphatic heterocycles. The molecule has 1 aromatic heterocycles. The van der Waals surface area contributed by atoms with Crippen molar-refractivity contribution in [3.8, 4) is 6.07 Å². The maximum atomic E-state index is 12.1. The number of rotatable bonds is 6. The molecule has 1 amide bonds. The van der Waals surface area contributed by atoms with Crippen LogP contribution >= 0.6 is 11.8 Å². The smallest absolute Gasteiger partial charge is 0.232 e. The molecule has 0 saturated carbocycles. The Morgan fingerprint density at radius 1 is 1.27 bits per heavy atom. The first-order valence-corrected chi connectivity index (χ1v) is 8.04. The molecule has 1 aromatic carbocycles. The van der Waals surface area contributed by atoms with E-state index in [9.17, 15) is 4.79 Å². The van der Waals surface area contributed by atoms with Crippen molar-refractivity contribution >= 4 is 17.7 Å². The van der Waals surface area contributed by atoms with Crippen LogP contribution in [0.4, 0.5) is 0 Å². The first kappa shape index (κ1) is 16.1. The maximum Gasteiger partial charge on any atom is 0.232 e. The van der Waals surface area contributed by atoms with Gasteiger partial charge in [0.2, 0.25) is 5.91 Å². The number of thioether (sulfide) groups is 1. The monoisotopic (exact) mass is 311 g/mol. The number of pyridine rings is 1. The Balaban J connectivity index is 1.76. The van der Waals surface area contributed by atoms with Crippen LogP contribution in [0.25, 0.3) is 0 Å². The third-order valence-electron chi connectivity index (χ3n) is 3.15. The van der Waals surface area contributed by atoms with Crippen molar-refractivity contribution in [1.29, 1.82) is 5.26 Å². The third-order valence-corrected chi connectivity index (χ3v) is 4.13. The lowest BCUT2D eigenvalue weighted by molar-refractivity contribution is -0.127. The summed E-state index contributed by atoms with van der Waals surface area (Å²) in [7, 11) is 1.80. The lowest BCUT2D eigenvalue weighted by atomic mass is 10.2. The second-order valence-corrected chi connectivity index (χ2v) is 5.90. The molecule has 2 aromatic rings. The largest absolute Gasteiger partial charge is 0.341 e. The fourth-order valence-corrected chi connectivity index (χ4v) is 2.82. The van der Waals surface area contributed by atoms with Gasteiger partial charge in [0.05, 0.1) is 17.4 Å². The highest BCUT2D eigenvalue weighted by Crippen LogP contribution is 2.14. The molecule has 22 heavy (non-hydrogen) atoms. The molecule has 0 bridgehead atoms. The highest BCUT2D eigenvalue weighted by molar-refractivity contribution is 7.99. The average molecular weight is 311 g/mol. The fourth-order valence-electron chi connectivity index (χ4n) is 1.90. The molecule has 112 valence electrons. The summed E-state index contributed by atoms with van der Waals surface area (Å²) in [5.41, 5.74) is 2.79. The number of hydrogen-bond donors (Lipinski definition) is 0. The highest BCUT2D eigenvalue weighted by atomic mass is 32.2. The van der Waals surface area contributed by atoms with Gasteiger partial charge in [0.1, 0.15) is 0 Å². The van der Waals surface area contributed by atoms with Gasteiger partial charge in [-0.1, -0.05) is 18.2 Å². The van der Waals surface area contributed by atoms with Gasteiger partial charge in [-0.2, -0.15) is 5.26 Å². The van der Waals surface area contributed by atoms with Crippen molar-refractivity contribution in [2.45, 2.75) is 12.3 Å². The van der Waals surface area contributed by atoms with E-state index in [0.29, 0.717) is 17.9 Å². The van der Waals surface area contributed by atoms with Crippen molar-refractivity contribution in [3.05, 3.63) is 65.5 Å². The zero-order valence-corrected chi connectivity index (χ0v) is 13.2. The number of nitriles is 1. The van der Waals surface area contributed by atoms with Crippen LogP contribution in [0.15, 0.2) is 48.8 Å². The summed E-state index contributed by atoms with van der Waals surface area (Å²) in [4.78, 5) is 17.8. The fraction of sp³-hybridized carbons (Fsp3) is 0.235. The molecule has 2 rings (SSSR count). The minimum absolute atomic E-state index is 0.0995. The Labute approximate surface area is 134 Å².